The normalized spacial score (nSPS) is 16.7. The van der Waals surface area contributed by atoms with Crippen LogP contribution in [0.5, 0.6) is 0 Å². The quantitative estimate of drug-likeness (QED) is 0.906. The number of nitriles is 1. The Balaban J connectivity index is 2.12. The van der Waals surface area contributed by atoms with Crippen molar-refractivity contribution >= 4 is 5.82 Å². The molecular weight excluding hydrogens is 274 g/mol. The minimum Gasteiger partial charge on any atom is -0.365 e. The summed E-state index contributed by atoms with van der Waals surface area (Å²) in [4.78, 5) is 2.49. The molecule has 0 unspecified atom stereocenters. The van der Waals surface area contributed by atoms with Gasteiger partial charge in [-0.15, -0.1) is 5.10 Å². The minimum absolute atomic E-state index is 0.383. The van der Waals surface area contributed by atoms with Crippen molar-refractivity contribution in [2.45, 2.75) is 65.5 Å². The Morgan fingerprint density at radius 1 is 1.23 bits per heavy atom. The number of nitrogens with zero attached hydrogens (tertiary/aromatic N) is 4. The van der Waals surface area contributed by atoms with Crippen LogP contribution in [0, 0.1) is 11.3 Å². The van der Waals surface area contributed by atoms with Crippen LogP contribution in [0.15, 0.2) is 0 Å². The first-order valence-corrected chi connectivity index (χ1v) is 8.39. The zero-order chi connectivity index (χ0) is 16.1. The monoisotopic (exact) mass is 301 g/mol. The fourth-order valence-electron chi connectivity index (χ4n) is 3.15. The Bertz CT molecular complexity index is 539. The van der Waals surface area contributed by atoms with E-state index in [2.05, 4.69) is 54.2 Å². The van der Waals surface area contributed by atoms with Crippen molar-refractivity contribution in [3.8, 4) is 6.07 Å². The molecule has 0 aromatic carbocycles. The zero-order valence-corrected chi connectivity index (χ0v) is 14.2. The fourth-order valence-corrected chi connectivity index (χ4v) is 3.15. The predicted molar refractivity (Wildman–Crippen MR) is 88.9 cm³/mol. The van der Waals surface area contributed by atoms with Gasteiger partial charge < -0.3 is 10.2 Å². The largest absolute Gasteiger partial charge is 0.365 e. The summed E-state index contributed by atoms with van der Waals surface area (Å²) in [5, 5.41) is 21.6. The highest BCUT2D eigenvalue weighted by Gasteiger charge is 2.23. The maximum atomic E-state index is 9.53. The smallest absolute Gasteiger partial charge is 0.167 e. The van der Waals surface area contributed by atoms with Gasteiger partial charge in [0.15, 0.2) is 5.82 Å². The molecule has 1 aliphatic rings. The van der Waals surface area contributed by atoms with E-state index in [9.17, 15) is 5.26 Å². The zero-order valence-electron chi connectivity index (χ0n) is 14.2. The van der Waals surface area contributed by atoms with E-state index in [1.807, 2.05) is 0 Å². The Hall–Kier alpha value is -1.67. The van der Waals surface area contributed by atoms with Crippen LogP contribution in [0.2, 0.25) is 0 Å². The lowest BCUT2D eigenvalue weighted by molar-refractivity contribution is 0.177. The molecular formula is C17H27N5. The summed E-state index contributed by atoms with van der Waals surface area (Å²) in [6, 6.07) is 3.32. The van der Waals surface area contributed by atoms with Crippen LogP contribution >= 0.6 is 0 Å². The second-order valence-corrected chi connectivity index (χ2v) is 6.22. The molecule has 0 spiro atoms. The maximum absolute atomic E-state index is 9.53. The summed E-state index contributed by atoms with van der Waals surface area (Å²) >= 11 is 0. The van der Waals surface area contributed by atoms with E-state index in [1.165, 1.54) is 0 Å². The summed E-state index contributed by atoms with van der Waals surface area (Å²) < 4.78 is 0. The van der Waals surface area contributed by atoms with Crippen LogP contribution in [0.1, 0.15) is 57.4 Å². The van der Waals surface area contributed by atoms with E-state index in [-0.39, 0.29) is 0 Å². The van der Waals surface area contributed by atoms with Crippen molar-refractivity contribution in [1.29, 1.82) is 5.26 Å². The lowest BCUT2D eigenvalue weighted by Crippen LogP contribution is -2.42. The molecule has 1 aromatic rings. The molecule has 5 heteroatoms. The van der Waals surface area contributed by atoms with Crippen molar-refractivity contribution in [1.82, 2.24) is 15.1 Å². The molecule has 0 aliphatic carbocycles. The van der Waals surface area contributed by atoms with Crippen LogP contribution in [-0.2, 0) is 12.8 Å². The molecule has 120 valence electrons. The van der Waals surface area contributed by atoms with E-state index in [1.54, 1.807) is 0 Å². The number of piperidine rings is 1. The van der Waals surface area contributed by atoms with Crippen molar-refractivity contribution < 1.29 is 0 Å². The van der Waals surface area contributed by atoms with Gasteiger partial charge in [0.25, 0.3) is 0 Å². The first-order chi connectivity index (χ1) is 10.6. The van der Waals surface area contributed by atoms with E-state index in [4.69, 9.17) is 0 Å². The van der Waals surface area contributed by atoms with Crippen molar-refractivity contribution in [2.24, 2.45) is 0 Å². The molecule has 2 heterocycles. The molecule has 0 saturated carbocycles. The SMILES string of the molecule is CCc1nnc(NC2CCN(C(C)C)CC2)c(C#N)c1CC. The third-order valence-electron chi connectivity index (χ3n) is 4.56. The molecule has 5 nitrogen and oxygen atoms in total. The average Bonchev–Trinajstić information content (AvgIpc) is 2.54. The van der Waals surface area contributed by atoms with Crippen molar-refractivity contribution in [3.05, 3.63) is 16.8 Å². The molecule has 1 saturated heterocycles. The summed E-state index contributed by atoms with van der Waals surface area (Å²) in [5.74, 6) is 0.666. The van der Waals surface area contributed by atoms with Crippen LogP contribution < -0.4 is 5.32 Å². The number of rotatable bonds is 5. The number of aryl methyl sites for hydroxylation is 1. The topological polar surface area (TPSA) is 64.8 Å². The van der Waals surface area contributed by atoms with E-state index in [0.29, 0.717) is 23.5 Å². The number of hydrogen-bond donors (Lipinski definition) is 1. The van der Waals surface area contributed by atoms with Gasteiger partial charge in [-0.1, -0.05) is 13.8 Å². The molecule has 0 bridgehead atoms. The van der Waals surface area contributed by atoms with Gasteiger partial charge in [-0.25, -0.2) is 0 Å². The maximum Gasteiger partial charge on any atom is 0.167 e. The van der Waals surface area contributed by atoms with Crippen LogP contribution in [-0.4, -0.2) is 40.3 Å². The first kappa shape index (κ1) is 16.7. The van der Waals surface area contributed by atoms with Crippen molar-refractivity contribution in [3.63, 3.8) is 0 Å². The lowest BCUT2D eigenvalue weighted by Gasteiger charge is -2.35. The Morgan fingerprint density at radius 3 is 2.41 bits per heavy atom. The van der Waals surface area contributed by atoms with Gasteiger partial charge in [-0.3, -0.25) is 0 Å². The molecule has 2 rings (SSSR count). The Kier molecular flexibility index (Phi) is 5.73. The van der Waals surface area contributed by atoms with Gasteiger partial charge in [0.2, 0.25) is 0 Å². The number of hydrogen-bond acceptors (Lipinski definition) is 5. The number of likely N-dealkylation sites (tertiary alicyclic amines) is 1. The predicted octanol–water partition coefficient (Wildman–Crippen LogP) is 2.76. The van der Waals surface area contributed by atoms with Crippen LogP contribution in [0.25, 0.3) is 0 Å². The standard InChI is InChI=1S/C17H27N5/c1-5-14-15(11-18)17(21-20-16(14)6-2)19-13-7-9-22(10-8-13)12(3)4/h12-13H,5-10H2,1-4H3,(H,19,21). The third kappa shape index (κ3) is 3.56. The van der Waals surface area contributed by atoms with E-state index >= 15 is 0 Å². The Morgan fingerprint density at radius 2 is 1.91 bits per heavy atom. The van der Waals surface area contributed by atoms with Gasteiger partial charge >= 0.3 is 0 Å². The highest BCUT2D eigenvalue weighted by Crippen LogP contribution is 2.23. The van der Waals surface area contributed by atoms with Gasteiger partial charge in [-0.05, 0) is 45.1 Å². The van der Waals surface area contributed by atoms with E-state index < -0.39 is 0 Å². The van der Waals surface area contributed by atoms with Gasteiger partial charge in [0.05, 0.1) is 5.69 Å². The molecule has 0 radical (unpaired) electrons. The van der Waals surface area contributed by atoms with Crippen LogP contribution in [0.4, 0.5) is 5.82 Å². The molecule has 22 heavy (non-hydrogen) atoms. The minimum atomic E-state index is 0.383. The molecule has 0 atom stereocenters. The van der Waals surface area contributed by atoms with Crippen LogP contribution in [0.3, 0.4) is 0 Å². The first-order valence-electron chi connectivity index (χ1n) is 8.39. The average molecular weight is 301 g/mol. The summed E-state index contributed by atoms with van der Waals surface area (Å²) in [5.41, 5.74) is 2.67. The van der Waals surface area contributed by atoms with Gasteiger partial charge in [0.1, 0.15) is 11.6 Å². The van der Waals surface area contributed by atoms with E-state index in [0.717, 1.165) is 50.0 Å². The second kappa shape index (κ2) is 7.55. The molecule has 1 aromatic heterocycles. The fraction of sp³-hybridized carbons (Fsp3) is 0.706. The molecule has 1 N–H and O–H groups in total. The summed E-state index contributed by atoms with van der Waals surface area (Å²) in [7, 11) is 0. The number of nitrogens with one attached hydrogen (secondary N) is 1. The summed E-state index contributed by atoms with van der Waals surface area (Å²) in [6.45, 7) is 10.8. The lowest BCUT2D eigenvalue weighted by atomic mass is 10.0. The second-order valence-electron chi connectivity index (χ2n) is 6.22. The molecule has 1 aliphatic heterocycles. The molecule has 0 amide bonds. The molecule has 1 fully saturated rings. The van der Waals surface area contributed by atoms with Crippen molar-refractivity contribution in [2.75, 3.05) is 18.4 Å². The van der Waals surface area contributed by atoms with Gasteiger partial charge in [0, 0.05) is 25.2 Å². The highest BCUT2D eigenvalue weighted by atomic mass is 15.2. The highest BCUT2D eigenvalue weighted by molar-refractivity contribution is 5.56. The summed E-state index contributed by atoms with van der Waals surface area (Å²) in [6.07, 6.45) is 3.81. The number of anilines is 1. The third-order valence-corrected chi connectivity index (χ3v) is 4.56. The number of aromatic nitrogens is 2. The Labute approximate surface area is 133 Å². The van der Waals surface area contributed by atoms with Gasteiger partial charge in [-0.2, -0.15) is 10.4 Å².